The van der Waals surface area contributed by atoms with Gasteiger partial charge < -0.3 is 10.6 Å². The molecule has 0 aliphatic heterocycles. The monoisotopic (exact) mass is 410 g/mol. The summed E-state index contributed by atoms with van der Waals surface area (Å²) in [6, 6.07) is 4.78. The minimum Gasteiger partial charge on any atom is -0.370 e. The summed E-state index contributed by atoms with van der Waals surface area (Å²) in [5.41, 5.74) is 6.46. The van der Waals surface area contributed by atoms with Crippen molar-refractivity contribution in [3.63, 3.8) is 0 Å². The number of guanidine groups is 1. The molecule has 2 N–H and O–H groups in total. The third kappa shape index (κ3) is 4.20. The lowest BCUT2D eigenvalue weighted by Gasteiger charge is -2.16. The molecule has 0 heterocycles. The van der Waals surface area contributed by atoms with Gasteiger partial charge >= 0.3 is 0 Å². The lowest BCUT2D eigenvalue weighted by molar-refractivity contribution is -0.384. The molecule has 0 amide bonds. The second-order valence-corrected chi connectivity index (χ2v) is 4.96. The normalized spacial score (nSPS) is 14.6. The van der Waals surface area contributed by atoms with Crippen LogP contribution in [-0.4, -0.2) is 28.9 Å². The van der Waals surface area contributed by atoms with Crippen molar-refractivity contribution < 1.29 is 4.92 Å². The fraction of sp³-hybridized carbons (Fsp3) is 0.417. The molecule has 0 aromatic heterocycles. The molecule has 0 spiro atoms. The van der Waals surface area contributed by atoms with Gasteiger partial charge in [0, 0.05) is 30.2 Å². The highest BCUT2D eigenvalue weighted by Gasteiger charge is 2.27. The number of nitro groups is 1. The average Bonchev–Trinajstić information content (AvgIpc) is 3.20. The van der Waals surface area contributed by atoms with Gasteiger partial charge in [0.05, 0.1) is 11.5 Å². The van der Waals surface area contributed by atoms with E-state index in [1.165, 1.54) is 18.2 Å². The van der Waals surface area contributed by atoms with Crippen molar-refractivity contribution in [3.05, 3.63) is 38.9 Å². The van der Waals surface area contributed by atoms with Gasteiger partial charge in [-0.2, -0.15) is 0 Å². The van der Waals surface area contributed by atoms with Gasteiger partial charge in [0.15, 0.2) is 5.96 Å². The molecule has 1 fully saturated rings. The van der Waals surface area contributed by atoms with Crippen LogP contribution in [0.2, 0.25) is 5.02 Å². The van der Waals surface area contributed by atoms with Crippen molar-refractivity contribution in [1.29, 1.82) is 0 Å². The van der Waals surface area contributed by atoms with Gasteiger partial charge in [-0.05, 0) is 24.5 Å². The molecular weight excluding hydrogens is 395 g/mol. The zero-order valence-corrected chi connectivity index (χ0v) is 14.0. The van der Waals surface area contributed by atoms with E-state index < -0.39 is 4.92 Å². The number of non-ortho nitro benzene ring substituents is 1. The number of benzene rings is 1. The predicted octanol–water partition coefficient (Wildman–Crippen LogP) is 2.78. The molecule has 20 heavy (non-hydrogen) atoms. The summed E-state index contributed by atoms with van der Waals surface area (Å²) in [5.74, 6) is 0.435. The van der Waals surface area contributed by atoms with Crippen LogP contribution in [0.3, 0.4) is 0 Å². The number of hydrogen-bond acceptors (Lipinski definition) is 3. The Morgan fingerprint density at radius 2 is 2.25 bits per heavy atom. The first-order chi connectivity index (χ1) is 8.99. The first kappa shape index (κ1) is 17.0. The summed E-state index contributed by atoms with van der Waals surface area (Å²) in [5, 5.41) is 11.2. The van der Waals surface area contributed by atoms with Gasteiger partial charge in [0.1, 0.15) is 0 Å². The molecule has 0 unspecified atom stereocenters. The van der Waals surface area contributed by atoms with Gasteiger partial charge in [-0.3, -0.25) is 10.1 Å². The van der Waals surface area contributed by atoms with E-state index in [0.717, 1.165) is 12.8 Å². The van der Waals surface area contributed by atoms with Crippen LogP contribution < -0.4 is 5.73 Å². The van der Waals surface area contributed by atoms with Crippen LogP contribution in [-0.2, 0) is 6.54 Å². The first-order valence-electron chi connectivity index (χ1n) is 5.94. The Balaban J connectivity index is 0.00000200. The molecule has 1 aliphatic rings. The van der Waals surface area contributed by atoms with Gasteiger partial charge in [-0.1, -0.05) is 11.6 Å². The van der Waals surface area contributed by atoms with Crippen molar-refractivity contribution in [2.45, 2.75) is 25.4 Å². The minimum atomic E-state index is -0.455. The van der Waals surface area contributed by atoms with Crippen LogP contribution in [0.25, 0.3) is 0 Å². The molecule has 0 radical (unpaired) electrons. The van der Waals surface area contributed by atoms with Crippen molar-refractivity contribution in [1.82, 2.24) is 4.90 Å². The molecule has 0 saturated heterocycles. The van der Waals surface area contributed by atoms with Crippen molar-refractivity contribution >= 4 is 47.2 Å². The Morgan fingerprint density at radius 3 is 2.80 bits per heavy atom. The quantitative estimate of drug-likeness (QED) is 0.272. The average molecular weight is 411 g/mol. The maximum Gasteiger partial charge on any atom is 0.269 e. The van der Waals surface area contributed by atoms with E-state index in [0.29, 0.717) is 22.6 Å². The van der Waals surface area contributed by atoms with E-state index in [4.69, 9.17) is 17.3 Å². The van der Waals surface area contributed by atoms with Crippen molar-refractivity contribution in [2.24, 2.45) is 10.7 Å². The molecule has 1 aromatic rings. The maximum atomic E-state index is 10.7. The van der Waals surface area contributed by atoms with E-state index in [1.807, 2.05) is 11.9 Å². The Kier molecular flexibility index (Phi) is 6.00. The Hall–Kier alpha value is -1.09. The number of nitro benzene ring substituents is 1. The van der Waals surface area contributed by atoms with E-state index in [9.17, 15) is 10.1 Å². The number of hydrogen-bond donors (Lipinski definition) is 1. The zero-order chi connectivity index (χ0) is 14.0. The third-order valence-corrected chi connectivity index (χ3v) is 3.48. The SMILES string of the molecule is CN(C(N)=NCc1cc([N+](=O)[O-])ccc1Cl)C1CC1.I. The number of nitrogens with two attached hydrogens (primary N) is 1. The summed E-state index contributed by atoms with van der Waals surface area (Å²) < 4.78 is 0. The number of halogens is 2. The summed E-state index contributed by atoms with van der Waals surface area (Å²) in [4.78, 5) is 16.4. The van der Waals surface area contributed by atoms with Gasteiger partial charge in [-0.15, -0.1) is 24.0 Å². The molecule has 1 aliphatic carbocycles. The molecule has 6 nitrogen and oxygen atoms in total. The lowest BCUT2D eigenvalue weighted by atomic mass is 10.2. The smallest absolute Gasteiger partial charge is 0.269 e. The number of rotatable bonds is 4. The van der Waals surface area contributed by atoms with Crippen molar-refractivity contribution in [3.8, 4) is 0 Å². The fourth-order valence-corrected chi connectivity index (χ4v) is 1.90. The molecule has 8 heteroatoms. The summed E-state index contributed by atoms with van der Waals surface area (Å²) in [7, 11) is 1.89. The Bertz CT molecular complexity index is 534. The predicted molar refractivity (Wildman–Crippen MR) is 89.6 cm³/mol. The third-order valence-electron chi connectivity index (χ3n) is 3.11. The first-order valence-corrected chi connectivity index (χ1v) is 6.32. The molecule has 1 saturated carbocycles. The summed E-state index contributed by atoms with van der Waals surface area (Å²) in [6.07, 6.45) is 2.26. The standard InChI is InChI=1S/C12H15ClN4O2.HI/c1-16(9-2-3-9)12(14)15-7-8-6-10(17(18)19)4-5-11(8)13;/h4-6,9H,2-3,7H2,1H3,(H2,14,15);1H. The zero-order valence-electron chi connectivity index (χ0n) is 11.0. The van der Waals surface area contributed by atoms with Crippen LogP contribution in [0.1, 0.15) is 18.4 Å². The van der Waals surface area contributed by atoms with Crippen LogP contribution >= 0.6 is 35.6 Å². The Labute approximate surface area is 139 Å². The highest BCUT2D eigenvalue weighted by Crippen LogP contribution is 2.25. The molecule has 2 rings (SSSR count). The van der Waals surface area contributed by atoms with E-state index in [2.05, 4.69) is 4.99 Å². The topological polar surface area (TPSA) is 84.8 Å². The highest BCUT2D eigenvalue weighted by molar-refractivity contribution is 14.0. The van der Waals surface area contributed by atoms with Crippen molar-refractivity contribution in [2.75, 3.05) is 7.05 Å². The van der Waals surface area contributed by atoms with Crippen LogP contribution in [0.5, 0.6) is 0 Å². The molecular formula is C12H16ClIN4O2. The van der Waals surface area contributed by atoms with E-state index in [1.54, 1.807) is 0 Å². The summed E-state index contributed by atoms with van der Waals surface area (Å²) >= 11 is 5.99. The fourth-order valence-electron chi connectivity index (χ4n) is 1.72. The lowest BCUT2D eigenvalue weighted by Crippen LogP contribution is -2.35. The maximum absolute atomic E-state index is 10.7. The second kappa shape index (κ2) is 7.07. The van der Waals surface area contributed by atoms with Gasteiger partial charge in [-0.25, -0.2) is 4.99 Å². The van der Waals surface area contributed by atoms with Crippen LogP contribution in [0.4, 0.5) is 5.69 Å². The molecule has 0 atom stereocenters. The summed E-state index contributed by atoms with van der Waals surface area (Å²) in [6.45, 7) is 0.239. The molecule has 0 bridgehead atoms. The van der Waals surface area contributed by atoms with E-state index >= 15 is 0 Å². The highest BCUT2D eigenvalue weighted by atomic mass is 127. The molecule has 110 valence electrons. The van der Waals surface area contributed by atoms with Crippen LogP contribution in [0.15, 0.2) is 23.2 Å². The van der Waals surface area contributed by atoms with Gasteiger partial charge in [0.25, 0.3) is 5.69 Å². The van der Waals surface area contributed by atoms with Gasteiger partial charge in [0.2, 0.25) is 0 Å². The largest absolute Gasteiger partial charge is 0.370 e. The number of aliphatic imine (C=N–C) groups is 1. The number of nitrogens with zero attached hydrogens (tertiary/aromatic N) is 3. The molecule has 1 aromatic carbocycles. The Morgan fingerprint density at radius 1 is 1.60 bits per heavy atom. The second-order valence-electron chi connectivity index (χ2n) is 4.55. The minimum absolute atomic E-state index is 0. The van der Waals surface area contributed by atoms with Crippen LogP contribution in [0, 0.1) is 10.1 Å². The van der Waals surface area contributed by atoms with E-state index in [-0.39, 0.29) is 36.2 Å².